The van der Waals surface area contributed by atoms with Crippen molar-refractivity contribution in [3.63, 3.8) is 0 Å². The van der Waals surface area contributed by atoms with Crippen LogP contribution in [0.1, 0.15) is 54.5 Å². The molecule has 0 spiro atoms. The lowest BCUT2D eigenvalue weighted by Crippen LogP contribution is -2.57. The lowest BCUT2D eigenvalue weighted by Gasteiger charge is -2.46. The van der Waals surface area contributed by atoms with E-state index in [4.69, 9.17) is 4.74 Å². The number of aryl methyl sites for hydroxylation is 1. The van der Waals surface area contributed by atoms with E-state index in [-0.39, 0.29) is 17.3 Å². The van der Waals surface area contributed by atoms with Gasteiger partial charge in [-0.2, -0.15) is 0 Å². The smallest absolute Gasteiger partial charge is 0.291 e. The van der Waals surface area contributed by atoms with Gasteiger partial charge in [-0.15, -0.1) is 0 Å². The van der Waals surface area contributed by atoms with Gasteiger partial charge < -0.3 is 19.9 Å². The largest absolute Gasteiger partial charge is 0.377 e. The van der Waals surface area contributed by atoms with Gasteiger partial charge in [0.25, 0.3) is 5.91 Å². The molecule has 1 saturated carbocycles. The Labute approximate surface area is 162 Å². The van der Waals surface area contributed by atoms with Gasteiger partial charge in [0, 0.05) is 57.6 Å². The molecule has 3 rings (SSSR count). The predicted molar refractivity (Wildman–Crippen MR) is 106 cm³/mol. The van der Waals surface area contributed by atoms with E-state index in [1.54, 1.807) is 14.1 Å². The molecule has 7 heteroatoms. The van der Waals surface area contributed by atoms with Crippen LogP contribution >= 0.6 is 0 Å². The first-order chi connectivity index (χ1) is 12.8. The third kappa shape index (κ3) is 3.80. The molecule has 2 aliphatic rings. The van der Waals surface area contributed by atoms with Crippen LogP contribution in [0, 0.1) is 13.8 Å². The number of methoxy groups -OCH3 is 1. The van der Waals surface area contributed by atoms with E-state index in [0.29, 0.717) is 12.1 Å². The van der Waals surface area contributed by atoms with Gasteiger partial charge in [-0.05, 0) is 46.5 Å². The highest BCUT2D eigenvalue weighted by molar-refractivity contribution is 5.90. The average molecular weight is 376 g/mol. The number of aromatic nitrogens is 2. The molecule has 1 aliphatic heterocycles. The van der Waals surface area contributed by atoms with Gasteiger partial charge in [0.15, 0.2) is 0 Å². The summed E-state index contributed by atoms with van der Waals surface area (Å²) in [6.07, 6.45) is 4.57. The number of hydrogen-bond donors (Lipinski definition) is 1. The van der Waals surface area contributed by atoms with Crippen LogP contribution in [-0.2, 0) is 4.74 Å². The number of hydrogen-bond acceptors (Lipinski definition) is 6. The fourth-order valence-corrected chi connectivity index (χ4v) is 4.15. The van der Waals surface area contributed by atoms with Crippen molar-refractivity contribution in [2.24, 2.45) is 0 Å². The minimum Gasteiger partial charge on any atom is -0.377 e. The van der Waals surface area contributed by atoms with Gasteiger partial charge in [0.1, 0.15) is 5.82 Å². The molecule has 150 valence electrons. The Balaban J connectivity index is 1.72. The van der Waals surface area contributed by atoms with Gasteiger partial charge in [-0.3, -0.25) is 4.79 Å². The lowest BCUT2D eigenvalue weighted by molar-refractivity contribution is -0.0957. The molecule has 0 radical (unpaired) electrons. The minimum absolute atomic E-state index is 0.000140. The van der Waals surface area contributed by atoms with E-state index < -0.39 is 0 Å². The van der Waals surface area contributed by atoms with Crippen LogP contribution in [0.3, 0.4) is 0 Å². The van der Waals surface area contributed by atoms with Crippen LogP contribution in [0.15, 0.2) is 0 Å². The van der Waals surface area contributed by atoms with Crippen molar-refractivity contribution in [2.45, 2.75) is 64.1 Å². The maximum atomic E-state index is 12.3. The first-order valence-electron chi connectivity index (χ1n) is 9.90. The number of anilines is 1. The van der Waals surface area contributed by atoms with Crippen LogP contribution in [0.2, 0.25) is 0 Å². The van der Waals surface area contributed by atoms with Gasteiger partial charge >= 0.3 is 0 Å². The standard InChI is InChI=1S/C20H33N5O2/c1-13-14(2)21-17(19(26)24(4)5)23-18(13)25-11-8-16(12-25)22-15(3)20(27-6)9-7-10-20/h15-16,22H,7-12H2,1-6H3/t15?,16-/m1/s1. The number of ether oxygens (including phenoxy) is 1. The molecular weight excluding hydrogens is 342 g/mol. The fourth-order valence-electron chi connectivity index (χ4n) is 4.15. The number of amides is 1. The summed E-state index contributed by atoms with van der Waals surface area (Å²) in [5, 5.41) is 3.78. The summed E-state index contributed by atoms with van der Waals surface area (Å²) in [4.78, 5) is 25.1. The third-order valence-electron chi connectivity index (χ3n) is 6.33. The summed E-state index contributed by atoms with van der Waals surface area (Å²) in [6, 6.07) is 0.732. The Hall–Kier alpha value is -1.73. The second-order valence-electron chi connectivity index (χ2n) is 8.22. The normalized spacial score (nSPS) is 22.4. The molecule has 7 nitrogen and oxygen atoms in total. The zero-order valence-electron chi connectivity index (χ0n) is 17.5. The molecule has 27 heavy (non-hydrogen) atoms. The number of nitrogens with one attached hydrogen (secondary N) is 1. The molecule has 1 amide bonds. The summed E-state index contributed by atoms with van der Waals surface area (Å²) in [5.41, 5.74) is 1.91. The highest BCUT2D eigenvalue weighted by Crippen LogP contribution is 2.38. The van der Waals surface area contributed by atoms with Crippen molar-refractivity contribution >= 4 is 11.7 Å². The molecule has 0 aromatic carbocycles. The van der Waals surface area contributed by atoms with Crippen molar-refractivity contribution in [1.82, 2.24) is 20.2 Å². The van der Waals surface area contributed by atoms with Gasteiger partial charge in [-0.1, -0.05) is 0 Å². The lowest BCUT2D eigenvalue weighted by atomic mass is 9.75. The SMILES string of the molecule is COC1(C(C)N[C@@H]2CCN(c3nc(C(=O)N(C)C)nc(C)c3C)C2)CCC1. The zero-order valence-corrected chi connectivity index (χ0v) is 17.5. The first kappa shape index (κ1) is 20.0. The van der Waals surface area contributed by atoms with Crippen molar-refractivity contribution < 1.29 is 9.53 Å². The Morgan fingerprint density at radius 1 is 1.33 bits per heavy atom. The number of carbonyl (C=O) groups excluding carboxylic acids is 1. The topological polar surface area (TPSA) is 70.6 Å². The highest BCUT2D eigenvalue weighted by Gasteiger charge is 2.43. The number of nitrogens with zero attached hydrogens (tertiary/aromatic N) is 4. The molecule has 1 N–H and O–H groups in total. The minimum atomic E-state index is -0.158. The van der Waals surface area contributed by atoms with Crippen LogP contribution in [0.4, 0.5) is 5.82 Å². The summed E-state index contributed by atoms with van der Waals surface area (Å²) in [5.74, 6) is 0.999. The van der Waals surface area contributed by atoms with Crippen molar-refractivity contribution in [3.8, 4) is 0 Å². The molecule has 1 aromatic heterocycles. The zero-order chi connectivity index (χ0) is 19.8. The van der Waals surface area contributed by atoms with E-state index in [1.807, 2.05) is 21.0 Å². The summed E-state index contributed by atoms with van der Waals surface area (Å²) in [7, 11) is 5.28. The van der Waals surface area contributed by atoms with Gasteiger partial charge in [-0.25, -0.2) is 9.97 Å². The molecule has 1 unspecified atom stereocenters. The van der Waals surface area contributed by atoms with Crippen molar-refractivity contribution in [1.29, 1.82) is 0 Å². The molecule has 2 fully saturated rings. The molecule has 1 saturated heterocycles. The van der Waals surface area contributed by atoms with E-state index in [9.17, 15) is 4.79 Å². The second-order valence-corrected chi connectivity index (χ2v) is 8.22. The Morgan fingerprint density at radius 3 is 2.59 bits per heavy atom. The maximum Gasteiger partial charge on any atom is 0.291 e. The predicted octanol–water partition coefficient (Wildman–Crippen LogP) is 1.92. The molecule has 2 heterocycles. The quantitative estimate of drug-likeness (QED) is 0.819. The molecule has 2 atom stereocenters. The Bertz CT molecular complexity index is 696. The van der Waals surface area contributed by atoms with E-state index in [0.717, 1.165) is 49.4 Å². The van der Waals surface area contributed by atoms with E-state index in [2.05, 4.69) is 27.1 Å². The molecule has 1 aromatic rings. The Kier molecular flexibility index (Phi) is 5.72. The number of carbonyl (C=O) groups is 1. The first-order valence-corrected chi connectivity index (χ1v) is 9.90. The highest BCUT2D eigenvalue weighted by atomic mass is 16.5. The van der Waals surface area contributed by atoms with Crippen LogP contribution in [0.5, 0.6) is 0 Å². The molecule has 0 bridgehead atoms. The van der Waals surface area contributed by atoms with Crippen LogP contribution in [0.25, 0.3) is 0 Å². The summed E-state index contributed by atoms with van der Waals surface area (Å²) < 4.78 is 5.82. The van der Waals surface area contributed by atoms with Crippen LogP contribution < -0.4 is 10.2 Å². The molecule has 1 aliphatic carbocycles. The fraction of sp³-hybridized carbons (Fsp3) is 0.750. The van der Waals surface area contributed by atoms with Crippen molar-refractivity contribution in [3.05, 3.63) is 17.1 Å². The van der Waals surface area contributed by atoms with E-state index >= 15 is 0 Å². The van der Waals surface area contributed by atoms with E-state index in [1.165, 1.54) is 11.3 Å². The monoisotopic (exact) mass is 375 g/mol. The average Bonchev–Trinajstić information content (AvgIpc) is 3.04. The Morgan fingerprint density at radius 2 is 2.04 bits per heavy atom. The number of rotatable bonds is 6. The van der Waals surface area contributed by atoms with Gasteiger partial charge in [0.05, 0.1) is 5.60 Å². The third-order valence-corrected chi connectivity index (χ3v) is 6.33. The van der Waals surface area contributed by atoms with Crippen LogP contribution in [-0.4, -0.2) is 72.8 Å². The van der Waals surface area contributed by atoms with Crippen molar-refractivity contribution in [2.75, 3.05) is 39.2 Å². The van der Waals surface area contributed by atoms with Gasteiger partial charge in [0.2, 0.25) is 5.82 Å². The molecular formula is C20H33N5O2. The summed E-state index contributed by atoms with van der Waals surface area (Å²) in [6.45, 7) is 8.03. The summed E-state index contributed by atoms with van der Waals surface area (Å²) >= 11 is 0. The second kappa shape index (κ2) is 7.72. The maximum absolute atomic E-state index is 12.3.